The van der Waals surface area contributed by atoms with Gasteiger partial charge in [-0.15, -0.1) is 0 Å². The van der Waals surface area contributed by atoms with Gasteiger partial charge in [0.2, 0.25) is 0 Å². The van der Waals surface area contributed by atoms with Crippen LogP contribution in [0.2, 0.25) is 0 Å². The number of aromatic amines is 2. The number of hydrogen-bond donors (Lipinski definition) is 3. The molecule has 26 heavy (non-hydrogen) atoms. The monoisotopic (exact) mass is 351 g/mol. The van der Waals surface area contributed by atoms with Gasteiger partial charge in [-0.2, -0.15) is 5.10 Å². The second-order valence-electron chi connectivity index (χ2n) is 6.72. The van der Waals surface area contributed by atoms with Gasteiger partial charge in [-0.25, -0.2) is 0 Å². The fourth-order valence-corrected chi connectivity index (χ4v) is 3.45. The average Bonchev–Trinajstić information content (AvgIpc) is 3.28. The first-order valence-corrected chi connectivity index (χ1v) is 8.80. The number of Topliss-reactive ketones (excluding diaryl/α,β-unsaturated/α-hetero) is 1. The van der Waals surface area contributed by atoms with Crippen molar-refractivity contribution < 1.29 is 9.59 Å². The summed E-state index contributed by atoms with van der Waals surface area (Å²) >= 11 is 0. The Morgan fingerprint density at radius 1 is 1.23 bits per heavy atom. The molecule has 0 spiro atoms. The number of hydrogen-bond acceptors (Lipinski definition) is 4. The van der Waals surface area contributed by atoms with Crippen LogP contribution in [0, 0.1) is 6.92 Å². The van der Waals surface area contributed by atoms with Crippen molar-refractivity contribution in [3.8, 4) is 0 Å². The topological polar surface area (TPSA) is 93.9 Å². The first kappa shape index (κ1) is 16.4. The quantitative estimate of drug-likeness (QED) is 0.496. The maximum absolute atomic E-state index is 12.5. The number of nitrogens with zero attached hydrogens (tertiary/aromatic N) is 2. The fourth-order valence-electron chi connectivity index (χ4n) is 3.45. The number of para-hydroxylation sites is 1. The zero-order valence-electron chi connectivity index (χ0n) is 14.6. The molecule has 1 aromatic carbocycles. The molecule has 1 fully saturated rings. The molecule has 1 saturated heterocycles. The number of piperidine rings is 1. The van der Waals surface area contributed by atoms with E-state index in [9.17, 15) is 9.59 Å². The summed E-state index contributed by atoms with van der Waals surface area (Å²) in [4.78, 5) is 30.2. The van der Waals surface area contributed by atoms with Crippen LogP contribution in [0.15, 0.2) is 36.5 Å². The Morgan fingerprint density at radius 2 is 2.00 bits per heavy atom. The molecule has 134 valence electrons. The number of benzene rings is 1. The Balaban J connectivity index is 1.37. The van der Waals surface area contributed by atoms with Gasteiger partial charge in [0.25, 0.3) is 11.7 Å². The Hall–Kier alpha value is -3.09. The second-order valence-corrected chi connectivity index (χ2v) is 6.72. The number of anilines is 1. The lowest BCUT2D eigenvalue weighted by Gasteiger charge is -2.32. The van der Waals surface area contributed by atoms with Crippen molar-refractivity contribution in [3.63, 3.8) is 0 Å². The number of ketones is 1. The highest BCUT2D eigenvalue weighted by Crippen LogP contribution is 2.20. The van der Waals surface area contributed by atoms with Gasteiger partial charge < -0.3 is 15.2 Å². The lowest BCUT2D eigenvalue weighted by Crippen LogP contribution is -2.46. The zero-order chi connectivity index (χ0) is 18.1. The molecular weight excluding hydrogens is 330 g/mol. The molecule has 7 nitrogen and oxygen atoms in total. The SMILES string of the molecule is Cc1cc(N2CCC(NC(=O)C(=O)c3c[nH]c4ccccc34)CC2)n[nH]1. The third-order valence-electron chi connectivity index (χ3n) is 4.89. The number of rotatable bonds is 4. The smallest absolute Gasteiger partial charge is 0.292 e. The summed E-state index contributed by atoms with van der Waals surface area (Å²) < 4.78 is 0. The third-order valence-corrected chi connectivity index (χ3v) is 4.89. The van der Waals surface area contributed by atoms with Crippen molar-refractivity contribution >= 4 is 28.4 Å². The number of aryl methyl sites for hydroxylation is 1. The van der Waals surface area contributed by atoms with Gasteiger partial charge in [0.1, 0.15) is 0 Å². The molecule has 3 N–H and O–H groups in total. The van der Waals surface area contributed by atoms with Gasteiger partial charge in [-0.05, 0) is 25.8 Å². The molecule has 0 unspecified atom stereocenters. The van der Waals surface area contributed by atoms with Gasteiger partial charge in [-0.3, -0.25) is 14.7 Å². The van der Waals surface area contributed by atoms with Crippen molar-refractivity contribution in [2.45, 2.75) is 25.8 Å². The van der Waals surface area contributed by atoms with Gasteiger partial charge >= 0.3 is 0 Å². The lowest BCUT2D eigenvalue weighted by molar-refractivity contribution is -0.117. The summed E-state index contributed by atoms with van der Waals surface area (Å²) in [6.07, 6.45) is 3.19. The Kier molecular flexibility index (Phi) is 4.20. The molecule has 7 heteroatoms. The highest BCUT2D eigenvalue weighted by atomic mass is 16.2. The first-order valence-electron chi connectivity index (χ1n) is 8.80. The minimum absolute atomic E-state index is 0.00736. The predicted octanol–water partition coefficient (Wildman–Crippen LogP) is 2.17. The van der Waals surface area contributed by atoms with E-state index >= 15 is 0 Å². The first-order chi connectivity index (χ1) is 12.6. The van der Waals surface area contributed by atoms with E-state index < -0.39 is 11.7 Å². The molecule has 1 amide bonds. The molecule has 2 aromatic heterocycles. The number of aromatic nitrogens is 3. The van der Waals surface area contributed by atoms with E-state index in [1.165, 1.54) is 0 Å². The highest BCUT2D eigenvalue weighted by Gasteiger charge is 2.26. The number of nitrogens with one attached hydrogen (secondary N) is 3. The number of amides is 1. The number of carbonyl (C=O) groups is 2. The van der Waals surface area contributed by atoms with Crippen LogP contribution >= 0.6 is 0 Å². The minimum atomic E-state index is -0.538. The van der Waals surface area contributed by atoms with Crippen molar-refractivity contribution in [3.05, 3.63) is 47.8 Å². The van der Waals surface area contributed by atoms with Crippen LogP contribution in [0.1, 0.15) is 28.9 Å². The van der Waals surface area contributed by atoms with Crippen LogP contribution in [0.3, 0.4) is 0 Å². The van der Waals surface area contributed by atoms with E-state index in [0.717, 1.165) is 48.3 Å². The zero-order valence-corrected chi connectivity index (χ0v) is 14.6. The molecular formula is C19H21N5O2. The van der Waals surface area contributed by atoms with E-state index in [0.29, 0.717) is 5.56 Å². The molecule has 3 aromatic rings. The van der Waals surface area contributed by atoms with Crippen LogP contribution in [0.4, 0.5) is 5.82 Å². The number of carbonyl (C=O) groups excluding carboxylic acids is 2. The summed E-state index contributed by atoms with van der Waals surface area (Å²) in [6, 6.07) is 9.50. The van der Waals surface area contributed by atoms with E-state index in [-0.39, 0.29) is 6.04 Å². The Morgan fingerprint density at radius 3 is 2.73 bits per heavy atom. The normalized spacial score (nSPS) is 15.3. The van der Waals surface area contributed by atoms with Crippen LogP contribution in [-0.2, 0) is 4.79 Å². The Bertz CT molecular complexity index is 950. The van der Waals surface area contributed by atoms with E-state index in [2.05, 4.69) is 25.4 Å². The Labute approximate surface area is 150 Å². The number of H-pyrrole nitrogens is 2. The van der Waals surface area contributed by atoms with Crippen LogP contribution < -0.4 is 10.2 Å². The predicted molar refractivity (Wildman–Crippen MR) is 99.3 cm³/mol. The molecule has 0 aliphatic carbocycles. The summed E-state index contributed by atoms with van der Waals surface area (Å²) in [7, 11) is 0. The summed E-state index contributed by atoms with van der Waals surface area (Å²) in [5, 5.41) is 10.9. The molecule has 0 saturated carbocycles. The van der Waals surface area contributed by atoms with Crippen molar-refractivity contribution in [1.82, 2.24) is 20.5 Å². The van der Waals surface area contributed by atoms with E-state index in [1.807, 2.05) is 37.3 Å². The van der Waals surface area contributed by atoms with Crippen LogP contribution in [-0.4, -0.2) is 46.0 Å². The van der Waals surface area contributed by atoms with Gasteiger partial charge in [0, 0.05) is 48.0 Å². The second kappa shape index (κ2) is 6.67. The molecule has 3 heterocycles. The molecule has 0 radical (unpaired) electrons. The molecule has 1 aliphatic heterocycles. The minimum Gasteiger partial charge on any atom is -0.360 e. The van der Waals surface area contributed by atoms with Crippen LogP contribution in [0.25, 0.3) is 10.9 Å². The standard InChI is InChI=1S/C19H21N5O2/c1-12-10-17(23-22-12)24-8-6-13(7-9-24)21-19(26)18(25)15-11-20-16-5-3-2-4-14(15)16/h2-5,10-11,13,20H,6-9H2,1H3,(H,21,26)(H,22,23). The lowest BCUT2D eigenvalue weighted by atomic mass is 10.0. The van der Waals surface area contributed by atoms with E-state index in [1.54, 1.807) is 6.20 Å². The largest absolute Gasteiger partial charge is 0.360 e. The maximum Gasteiger partial charge on any atom is 0.292 e. The van der Waals surface area contributed by atoms with Crippen molar-refractivity contribution in [2.24, 2.45) is 0 Å². The molecule has 0 bridgehead atoms. The van der Waals surface area contributed by atoms with Crippen molar-refractivity contribution in [1.29, 1.82) is 0 Å². The summed E-state index contributed by atoms with van der Waals surface area (Å²) in [5.41, 5.74) is 2.30. The van der Waals surface area contributed by atoms with Crippen LogP contribution in [0.5, 0.6) is 0 Å². The fraction of sp³-hybridized carbons (Fsp3) is 0.316. The van der Waals surface area contributed by atoms with E-state index in [4.69, 9.17) is 0 Å². The molecule has 1 aliphatic rings. The summed E-state index contributed by atoms with van der Waals surface area (Å²) in [6.45, 7) is 3.58. The number of fused-ring (bicyclic) bond motifs is 1. The van der Waals surface area contributed by atoms with Gasteiger partial charge in [-0.1, -0.05) is 18.2 Å². The van der Waals surface area contributed by atoms with Gasteiger partial charge in [0.15, 0.2) is 5.82 Å². The highest BCUT2D eigenvalue weighted by molar-refractivity contribution is 6.45. The summed E-state index contributed by atoms with van der Waals surface area (Å²) in [5.74, 6) is -0.0984. The average molecular weight is 351 g/mol. The molecule has 0 atom stereocenters. The van der Waals surface area contributed by atoms with Gasteiger partial charge in [0.05, 0.1) is 5.56 Å². The third kappa shape index (κ3) is 3.08. The molecule has 4 rings (SSSR count). The van der Waals surface area contributed by atoms with Crippen molar-refractivity contribution in [2.75, 3.05) is 18.0 Å². The maximum atomic E-state index is 12.5.